The summed E-state index contributed by atoms with van der Waals surface area (Å²) in [5.41, 5.74) is 3.14. The van der Waals surface area contributed by atoms with Gasteiger partial charge in [0.05, 0.1) is 12.1 Å². The van der Waals surface area contributed by atoms with Crippen molar-refractivity contribution in [3.8, 4) is 0 Å². The summed E-state index contributed by atoms with van der Waals surface area (Å²) in [6.45, 7) is 2.72. The maximum absolute atomic E-state index is 11.8. The van der Waals surface area contributed by atoms with Crippen LogP contribution in [0.3, 0.4) is 0 Å². The number of pyridine rings is 1. The Hall–Kier alpha value is -2.14. The van der Waals surface area contributed by atoms with Crippen molar-refractivity contribution in [2.75, 3.05) is 32.0 Å². The van der Waals surface area contributed by atoms with Gasteiger partial charge in [0.1, 0.15) is 0 Å². The van der Waals surface area contributed by atoms with Crippen molar-refractivity contribution in [2.45, 2.75) is 6.54 Å². The number of benzene rings is 1. The van der Waals surface area contributed by atoms with Gasteiger partial charge in [-0.15, -0.1) is 0 Å². The number of nitrogens with one attached hydrogen (secondary N) is 2. The third kappa shape index (κ3) is 2.44. The molecule has 0 aliphatic carbocycles. The zero-order valence-corrected chi connectivity index (χ0v) is 11.5. The monoisotopic (exact) mass is 270 g/mol. The number of amides is 1. The number of anilines is 1. The fraction of sp³-hybridized carbons (Fsp3) is 0.333. The van der Waals surface area contributed by atoms with E-state index in [1.54, 1.807) is 6.20 Å². The van der Waals surface area contributed by atoms with Crippen molar-refractivity contribution in [1.29, 1.82) is 0 Å². The van der Waals surface area contributed by atoms with Gasteiger partial charge in [0, 0.05) is 44.0 Å². The van der Waals surface area contributed by atoms with Crippen molar-refractivity contribution in [3.05, 3.63) is 36.0 Å². The molecule has 0 atom stereocenters. The Morgan fingerprint density at radius 2 is 2.30 bits per heavy atom. The zero-order chi connectivity index (χ0) is 13.9. The molecule has 1 aromatic heterocycles. The number of fused-ring (bicyclic) bond motifs is 1. The Balaban J connectivity index is 1.87. The summed E-state index contributed by atoms with van der Waals surface area (Å²) in [6, 6.07) is 8.16. The molecule has 104 valence electrons. The van der Waals surface area contributed by atoms with Gasteiger partial charge in [0.25, 0.3) is 0 Å². The van der Waals surface area contributed by atoms with Crippen LogP contribution in [0.2, 0.25) is 0 Å². The van der Waals surface area contributed by atoms with E-state index in [4.69, 9.17) is 0 Å². The Kier molecular flexibility index (Phi) is 3.52. The van der Waals surface area contributed by atoms with Crippen molar-refractivity contribution in [3.63, 3.8) is 0 Å². The average Bonchev–Trinajstić information content (AvgIpc) is 2.49. The van der Waals surface area contributed by atoms with E-state index in [0.29, 0.717) is 13.1 Å². The maximum atomic E-state index is 11.8. The Bertz CT molecular complexity index is 641. The second kappa shape index (κ2) is 5.46. The standard InChI is InChI=1S/C15H18N4O/c1-16-13-4-5-18-14-8-11(2-3-12(13)14)10-19-7-6-17-9-15(19)20/h2-5,8,17H,6-7,9-10H2,1H3,(H,16,18). The first-order chi connectivity index (χ1) is 9.78. The van der Waals surface area contributed by atoms with E-state index in [1.165, 1.54) is 0 Å². The molecule has 5 heteroatoms. The van der Waals surface area contributed by atoms with Gasteiger partial charge < -0.3 is 15.5 Å². The number of carbonyl (C=O) groups is 1. The van der Waals surface area contributed by atoms with Crippen molar-refractivity contribution >= 4 is 22.5 Å². The highest BCUT2D eigenvalue weighted by Gasteiger charge is 2.17. The fourth-order valence-electron chi connectivity index (χ4n) is 2.54. The topological polar surface area (TPSA) is 57.3 Å². The molecule has 1 aliphatic rings. The molecule has 0 radical (unpaired) electrons. The summed E-state index contributed by atoms with van der Waals surface area (Å²) >= 11 is 0. The molecule has 2 N–H and O–H groups in total. The molecule has 0 bridgehead atoms. The summed E-state index contributed by atoms with van der Waals surface area (Å²) < 4.78 is 0. The van der Waals surface area contributed by atoms with Crippen LogP contribution in [-0.4, -0.2) is 42.5 Å². The molecule has 5 nitrogen and oxygen atoms in total. The highest BCUT2D eigenvalue weighted by Crippen LogP contribution is 2.22. The largest absolute Gasteiger partial charge is 0.388 e. The second-order valence-corrected chi connectivity index (χ2v) is 4.95. The van der Waals surface area contributed by atoms with Crippen LogP contribution in [0.25, 0.3) is 10.9 Å². The summed E-state index contributed by atoms with van der Waals surface area (Å²) in [5.74, 6) is 0.160. The molecular weight excluding hydrogens is 252 g/mol. The minimum atomic E-state index is 0.160. The molecule has 2 aromatic rings. The molecule has 2 heterocycles. The number of nitrogens with zero attached hydrogens (tertiary/aromatic N) is 2. The highest BCUT2D eigenvalue weighted by atomic mass is 16.2. The SMILES string of the molecule is CNc1ccnc2cc(CN3CCNCC3=O)ccc12. The fourth-order valence-corrected chi connectivity index (χ4v) is 2.54. The number of hydrogen-bond donors (Lipinski definition) is 2. The molecule has 0 spiro atoms. The van der Waals surface area contributed by atoms with Gasteiger partial charge in [0.2, 0.25) is 5.91 Å². The van der Waals surface area contributed by atoms with Gasteiger partial charge in [-0.25, -0.2) is 0 Å². The van der Waals surface area contributed by atoms with E-state index in [9.17, 15) is 4.79 Å². The summed E-state index contributed by atoms with van der Waals surface area (Å²) in [5, 5.41) is 7.35. The molecule has 1 amide bonds. The minimum Gasteiger partial charge on any atom is -0.388 e. The van der Waals surface area contributed by atoms with Crippen LogP contribution >= 0.6 is 0 Å². The molecular formula is C15H18N4O. The van der Waals surface area contributed by atoms with Crippen molar-refractivity contribution in [1.82, 2.24) is 15.2 Å². The predicted octanol–water partition coefficient (Wildman–Crippen LogP) is 1.21. The van der Waals surface area contributed by atoms with E-state index in [-0.39, 0.29) is 5.91 Å². The van der Waals surface area contributed by atoms with E-state index < -0.39 is 0 Å². The van der Waals surface area contributed by atoms with Gasteiger partial charge in [-0.1, -0.05) is 12.1 Å². The third-order valence-electron chi connectivity index (χ3n) is 3.64. The van der Waals surface area contributed by atoms with Crippen LogP contribution in [0.1, 0.15) is 5.56 Å². The predicted molar refractivity (Wildman–Crippen MR) is 79.6 cm³/mol. The lowest BCUT2D eigenvalue weighted by Gasteiger charge is -2.27. The third-order valence-corrected chi connectivity index (χ3v) is 3.64. The zero-order valence-electron chi connectivity index (χ0n) is 11.5. The summed E-state index contributed by atoms with van der Waals surface area (Å²) in [4.78, 5) is 18.1. The summed E-state index contributed by atoms with van der Waals surface area (Å²) in [7, 11) is 1.90. The normalized spacial score (nSPS) is 15.7. The molecule has 1 aliphatic heterocycles. The lowest BCUT2D eigenvalue weighted by atomic mass is 10.1. The van der Waals surface area contributed by atoms with E-state index in [2.05, 4.69) is 33.8 Å². The van der Waals surface area contributed by atoms with Crippen molar-refractivity contribution < 1.29 is 4.79 Å². The van der Waals surface area contributed by atoms with E-state index in [0.717, 1.165) is 35.2 Å². The number of aromatic nitrogens is 1. The van der Waals surface area contributed by atoms with Crippen LogP contribution in [0.4, 0.5) is 5.69 Å². The first-order valence-electron chi connectivity index (χ1n) is 6.82. The second-order valence-electron chi connectivity index (χ2n) is 4.95. The molecule has 1 aromatic carbocycles. The van der Waals surface area contributed by atoms with E-state index >= 15 is 0 Å². The molecule has 1 saturated heterocycles. The quantitative estimate of drug-likeness (QED) is 0.880. The number of rotatable bonds is 3. The summed E-state index contributed by atoms with van der Waals surface area (Å²) in [6.07, 6.45) is 1.80. The lowest BCUT2D eigenvalue weighted by molar-refractivity contribution is -0.132. The lowest BCUT2D eigenvalue weighted by Crippen LogP contribution is -2.47. The average molecular weight is 270 g/mol. The smallest absolute Gasteiger partial charge is 0.236 e. The molecule has 0 saturated carbocycles. The van der Waals surface area contributed by atoms with Crippen LogP contribution < -0.4 is 10.6 Å². The maximum Gasteiger partial charge on any atom is 0.236 e. The van der Waals surface area contributed by atoms with Gasteiger partial charge >= 0.3 is 0 Å². The minimum absolute atomic E-state index is 0.160. The molecule has 3 rings (SSSR count). The Morgan fingerprint density at radius 1 is 1.40 bits per heavy atom. The van der Waals surface area contributed by atoms with Gasteiger partial charge in [0.15, 0.2) is 0 Å². The number of hydrogen-bond acceptors (Lipinski definition) is 4. The Morgan fingerprint density at radius 3 is 3.10 bits per heavy atom. The van der Waals surface area contributed by atoms with Crippen LogP contribution in [0.5, 0.6) is 0 Å². The Labute approximate surface area is 118 Å². The molecule has 20 heavy (non-hydrogen) atoms. The number of carbonyl (C=O) groups excluding carboxylic acids is 1. The number of piperazine rings is 1. The van der Waals surface area contributed by atoms with E-state index in [1.807, 2.05) is 18.0 Å². The van der Waals surface area contributed by atoms with Crippen LogP contribution in [-0.2, 0) is 11.3 Å². The van der Waals surface area contributed by atoms with Gasteiger partial charge in [-0.2, -0.15) is 0 Å². The first kappa shape index (κ1) is 12.9. The molecule has 1 fully saturated rings. The van der Waals surface area contributed by atoms with Crippen molar-refractivity contribution in [2.24, 2.45) is 0 Å². The van der Waals surface area contributed by atoms with Crippen LogP contribution in [0, 0.1) is 0 Å². The van der Waals surface area contributed by atoms with Crippen LogP contribution in [0.15, 0.2) is 30.5 Å². The molecule has 0 unspecified atom stereocenters. The first-order valence-corrected chi connectivity index (χ1v) is 6.82. The van der Waals surface area contributed by atoms with Gasteiger partial charge in [-0.05, 0) is 17.7 Å². The van der Waals surface area contributed by atoms with Gasteiger partial charge in [-0.3, -0.25) is 9.78 Å². The highest BCUT2D eigenvalue weighted by molar-refractivity contribution is 5.91.